The molecule has 0 bridgehead atoms. The molecule has 2 N–H and O–H groups in total. The van der Waals surface area contributed by atoms with E-state index >= 15 is 0 Å². The van der Waals surface area contributed by atoms with Crippen molar-refractivity contribution in [3.05, 3.63) is 46.8 Å². The Balaban J connectivity index is 1.59. The van der Waals surface area contributed by atoms with Crippen LogP contribution in [-0.2, 0) is 6.42 Å². The van der Waals surface area contributed by atoms with Crippen molar-refractivity contribution in [3.8, 4) is 0 Å². The lowest BCUT2D eigenvalue weighted by Crippen LogP contribution is -2.19. The van der Waals surface area contributed by atoms with Gasteiger partial charge in [-0.2, -0.15) is 0 Å². The molecule has 0 saturated heterocycles. The molecule has 7 heteroatoms. The van der Waals surface area contributed by atoms with E-state index in [0.717, 1.165) is 65.7 Å². The smallest absolute Gasteiger partial charge is 0.188 e. The van der Waals surface area contributed by atoms with Crippen LogP contribution in [0.25, 0.3) is 0 Å². The van der Waals surface area contributed by atoms with Gasteiger partial charge in [0.2, 0.25) is 0 Å². The quantitative estimate of drug-likeness (QED) is 0.321. The Morgan fingerprint density at radius 3 is 2.75 bits per heavy atom. The Labute approximate surface area is 169 Å². The third kappa shape index (κ3) is 5.20. The molecule has 28 heavy (non-hydrogen) atoms. The van der Waals surface area contributed by atoms with Crippen molar-refractivity contribution >= 4 is 17.4 Å². The summed E-state index contributed by atoms with van der Waals surface area (Å²) in [5, 5.41) is 0.835. The molecule has 1 saturated carbocycles. The average molecular weight is 407 g/mol. The summed E-state index contributed by atoms with van der Waals surface area (Å²) < 4.78 is 26.6. The SMILES string of the molecule is CCCSc1nc(C)c(NNC)c(CCC[C@@H]2CC2c2ccc(F)c(F)c2)n1. The van der Waals surface area contributed by atoms with Gasteiger partial charge in [0.25, 0.3) is 0 Å². The monoisotopic (exact) mass is 406 g/mol. The Kier molecular flexibility index (Phi) is 7.24. The number of nitrogens with zero attached hydrogens (tertiary/aromatic N) is 2. The van der Waals surface area contributed by atoms with Crippen LogP contribution >= 0.6 is 11.8 Å². The second-order valence-electron chi connectivity index (χ2n) is 7.30. The lowest BCUT2D eigenvalue weighted by atomic mass is 10.0. The highest BCUT2D eigenvalue weighted by Crippen LogP contribution is 2.50. The molecule has 1 aromatic carbocycles. The fourth-order valence-electron chi connectivity index (χ4n) is 3.58. The molecule has 0 aliphatic heterocycles. The first-order valence-electron chi connectivity index (χ1n) is 9.91. The van der Waals surface area contributed by atoms with Gasteiger partial charge in [-0.05, 0) is 68.6 Å². The molecule has 1 fully saturated rings. The Morgan fingerprint density at radius 2 is 2.04 bits per heavy atom. The number of hydrazine groups is 1. The number of hydrogen-bond donors (Lipinski definition) is 2. The summed E-state index contributed by atoms with van der Waals surface area (Å²) in [6.45, 7) is 4.15. The molecule has 1 aliphatic carbocycles. The average Bonchev–Trinajstić information content (AvgIpc) is 3.44. The topological polar surface area (TPSA) is 49.8 Å². The summed E-state index contributed by atoms with van der Waals surface area (Å²) in [5.74, 6) is 0.381. The van der Waals surface area contributed by atoms with Gasteiger partial charge < -0.3 is 5.43 Å². The van der Waals surface area contributed by atoms with E-state index in [4.69, 9.17) is 4.98 Å². The minimum atomic E-state index is -0.776. The van der Waals surface area contributed by atoms with E-state index in [-0.39, 0.29) is 0 Å². The van der Waals surface area contributed by atoms with Gasteiger partial charge in [0, 0.05) is 12.8 Å². The number of hydrogen-bond acceptors (Lipinski definition) is 5. The first-order valence-corrected chi connectivity index (χ1v) is 10.9. The number of aryl methyl sites for hydroxylation is 2. The molecule has 1 unspecified atom stereocenters. The zero-order chi connectivity index (χ0) is 20.1. The lowest BCUT2D eigenvalue weighted by molar-refractivity contribution is 0.506. The van der Waals surface area contributed by atoms with Crippen LogP contribution in [0.4, 0.5) is 14.5 Å². The van der Waals surface area contributed by atoms with E-state index < -0.39 is 11.6 Å². The van der Waals surface area contributed by atoms with E-state index in [2.05, 4.69) is 22.8 Å². The minimum absolute atomic E-state index is 0.354. The Hall–Kier alpha value is -1.73. The standard InChI is InChI=1S/C21H28F2N4S/c1-4-10-28-21-25-13(2)20(27-24-3)19(26-21)7-5-6-14-11-16(14)15-8-9-17(22)18(23)12-15/h8-9,12,14,16,24,27H,4-7,10-11H2,1-3H3/t14-,16?/m1/s1. The van der Waals surface area contributed by atoms with Gasteiger partial charge in [0.15, 0.2) is 16.8 Å². The molecule has 2 atom stereocenters. The van der Waals surface area contributed by atoms with Gasteiger partial charge in [-0.3, -0.25) is 0 Å². The second kappa shape index (κ2) is 9.65. The molecule has 0 radical (unpaired) electrons. The zero-order valence-electron chi connectivity index (χ0n) is 16.7. The fraction of sp³-hybridized carbons (Fsp3) is 0.524. The maximum Gasteiger partial charge on any atom is 0.188 e. The van der Waals surface area contributed by atoms with Crippen molar-refractivity contribution in [1.82, 2.24) is 15.4 Å². The number of benzene rings is 1. The van der Waals surface area contributed by atoms with Crippen molar-refractivity contribution < 1.29 is 8.78 Å². The van der Waals surface area contributed by atoms with Crippen molar-refractivity contribution in [2.75, 3.05) is 18.2 Å². The number of anilines is 1. The summed E-state index contributed by atoms with van der Waals surface area (Å²) in [4.78, 5) is 9.36. The van der Waals surface area contributed by atoms with Crippen LogP contribution in [0.1, 0.15) is 55.5 Å². The number of aromatic nitrogens is 2. The molecule has 0 spiro atoms. The molecule has 1 aromatic heterocycles. The first-order chi connectivity index (χ1) is 13.5. The summed E-state index contributed by atoms with van der Waals surface area (Å²) >= 11 is 1.69. The lowest BCUT2D eigenvalue weighted by Gasteiger charge is -2.14. The summed E-state index contributed by atoms with van der Waals surface area (Å²) in [6.07, 6.45) is 5.08. The van der Waals surface area contributed by atoms with Crippen molar-refractivity contribution in [1.29, 1.82) is 0 Å². The van der Waals surface area contributed by atoms with Crippen LogP contribution in [0.3, 0.4) is 0 Å². The molecular formula is C21H28F2N4S. The van der Waals surface area contributed by atoms with Gasteiger partial charge in [-0.15, -0.1) is 0 Å². The third-order valence-corrected chi connectivity index (χ3v) is 6.17. The molecular weight excluding hydrogens is 378 g/mol. The van der Waals surface area contributed by atoms with E-state index in [1.165, 1.54) is 12.1 Å². The molecule has 1 aliphatic rings. The molecule has 1 heterocycles. The van der Waals surface area contributed by atoms with E-state index in [9.17, 15) is 8.78 Å². The predicted molar refractivity (Wildman–Crippen MR) is 111 cm³/mol. The molecule has 2 aromatic rings. The Morgan fingerprint density at radius 1 is 1.21 bits per heavy atom. The summed E-state index contributed by atoms with van der Waals surface area (Å²) in [7, 11) is 1.83. The highest BCUT2D eigenvalue weighted by atomic mass is 32.2. The van der Waals surface area contributed by atoms with Crippen molar-refractivity contribution in [2.24, 2.45) is 5.92 Å². The normalized spacial score (nSPS) is 18.3. The van der Waals surface area contributed by atoms with Crippen LogP contribution in [-0.4, -0.2) is 22.8 Å². The van der Waals surface area contributed by atoms with E-state index in [0.29, 0.717) is 11.8 Å². The van der Waals surface area contributed by atoms with Gasteiger partial charge >= 0.3 is 0 Å². The third-order valence-electron chi connectivity index (χ3n) is 5.11. The first kappa shape index (κ1) is 21.0. The second-order valence-corrected chi connectivity index (χ2v) is 8.37. The van der Waals surface area contributed by atoms with Crippen LogP contribution in [0.2, 0.25) is 0 Å². The van der Waals surface area contributed by atoms with Gasteiger partial charge in [-0.1, -0.05) is 24.8 Å². The molecule has 0 amide bonds. The summed E-state index contributed by atoms with van der Waals surface area (Å²) in [6, 6.07) is 4.29. The van der Waals surface area contributed by atoms with Crippen LogP contribution < -0.4 is 10.9 Å². The van der Waals surface area contributed by atoms with E-state index in [1.807, 2.05) is 14.0 Å². The van der Waals surface area contributed by atoms with Crippen molar-refractivity contribution in [2.45, 2.75) is 57.0 Å². The van der Waals surface area contributed by atoms with Gasteiger partial charge in [0.1, 0.15) is 0 Å². The fourth-order valence-corrected chi connectivity index (χ4v) is 4.34. The number of halogens is 2. The van der Waals surface area contributed by atoms with Crippen molar-refractivity contribution in [3.63, 3.8) is 0 Å². The molecule has 152 valence electrons. The highest BCUT2D eigenvalue weighted by Gasteiger charge is 2.37. The van der Waals surface area contributed by atoms with Gasteiger partial charge in [0.05, 0.1) is 17.1 Å². The molecule has 4 nitrogen and oxygen atoms in total. The zero-order valence-corrected chi connectivity index (χ0v) is 17.5. The van der Waals surface area contributed by atoms with Gasteiger partial charge in [-0.25, -0.2) is 24.2 Å². The number of nitrogens with one attached hydrogen (secondary N) is 2. The number of rotatable bonds is 10. The number of thioether (sulfide) groups is 1. The molecule has 3 rings (SSSR count). The van der Waals surface area contributed by atoms with Crippen LogP contribution in [0, 0.1) is 24.5 Å². The minimum Gasteiger partial charge on any atom is -0.318 e. The van der Waals surface area contributed by atoms with E-state index in [1.54, 1.807) is 17.8 Å². The maximum absolute atomic E-state index is 13.4. The van der Waals surface area contributed by atoms with Crippen LogP contribution in [0.15, 0.2) is 23.4 Å². The Bertz CT molecular complexity index is 815. The van der Waals surface area contributed by atoms with Crippen LogP contribution in [0.5, 0.6) is 0 Å². The maximum atomic E-state index is 13.4. The summed E-state index contributed by atoms with van der Waals surface area (Å²) in [5.41, 5.74) is 9.99. The largest absolute Gasteiger partial charge is 0.318 e. The predicted octanol–water partition coefficient (Wildman–Crippen LogP) is 5.24. The highest BCUT2D eigenvalue weighted by molar-refractivity contribution is 7.99.